The third-order valence-electron chi connectivity index (χ3n) is 6.24. The molecule has 0 aliphatic heterocycles. The minimum atomic E-state index is -3.37. The quantitative estimate of drug-likeness (QED) is 0.487. The fraction of sp³-hybridized carbons (Fsp3) is 0.652. The molecule has 1 aromatic rings. The van der Waals surface area contributed by atoms with E-state index in [1.54, 1.807) is 0 Å². The molecule has 4 heteroatoms. The fourth-order valence-electron chi connectivity index (χ4n) is 3.63. The summed E-state index contributed by atoms with van der Waals surface area (Å²) in [6.07, 6.45) is 9.73. The van der Waals surface area contributed by atoms with Crippen LogP contribution in [0.2, 0.25) is 0 Å². The number of nitrogens with one attached hydrogen (secondary N) is 1. The van der Waals surface area contributed by atoms with Crippen LogP contribution < -0.4 is 3.87 Å². The molecule has 0 aromatic carbocycles. The second-order valence-corrected chi connectivity index (χ2v) is 13.4. The molecule has 2 rings (SSSR count). The Balaban J connectivity index is 2.76. The second kappa shape index (κ2) is 8.82. The molecule has 0 atom stereocenters. The van der Waals surface area contributed by atoms with Crippen molar-refractivity contribution < 1.29 is 24.0 Å². The predicted octanol–water partition coefficient (Wildman–Crippen LogP) is 5.92. The van der Waals surface area contributed by atoms with E-state index in [2.05, 4.69) is 84.7 Å². The first kappa shape index (κ1) is 22.7. The van der Waals surface area contributed by atoms with Gasteiger partial charge in [-0.2, -0.15) is 0 Å². The summed E-state index contributed by atoms with van der Waals surface area (Å²) in [7, 11) is 0. The van der Waals surface area contributed by atoms with Crippen LogP contribution >= 0.6 is 0 Å². The Morgan fingerprint density at radius 2 is 1.56 bits per heavy atom. The monoisotopic (exact) mass is 409 g/mol. The molecule has 1 heterocycles. The number of aromatic amines is 1. The standard InChI is InChI=1S/C14H24N.C5H5.2C2H5O.Ti/c1-7-13(3,4)11-9-10-12(15-11)14(5,6)8-2;1-2-4-5-3-1;2*1-2-3;/h9,15H,7-8H2,1-6H3;1-3H,4H2;2*2H2,1H3;/q;;2*-1;+2. The van der Waals surface area contributed by atoms with Crippen LogP contribution in [0.15, 0.2) is 28.2 Å². The van der Waals surface area contributed by atoms with Crippen LogP contribution in [0.25, 0.3) is 0 Å². The van der Waals surface area contributed by atoms with Gasteiger partial charge < -0.3 is 0 Å². The summed E-state index contributed by atoms with van der Waals surface area (Å²) in [5.41, 5.74) is 2.77. The van der Waals surface area contributed by atoms with Crippen LogP contribution in [0.3, 0.4) is 0 Å². The summed E-state index contributed by atoms with van der Waals surface area (Å²) >= 11 is -3.37. The van der Waals surface area contributed by atoms with E-state index in [4.69, 9.17) is 6.64 Å². The van der Waals surface area contributed by atoms with E-state index in [0.29, 0.717) is 13.2 Å². The normalized spacial score (nSPS) is 15.5. The van der Waals surface area contributed by atoms with E-state index >= 15 is 0 Å². The van der Waals surface area contributed by atoms with Crippen molar-refractivity contribution in [2.75, 3.05) is 13.2 Å². The third kappa shape index (κ3) is 4.37. The predicted molar refractivity (Wildman–Crippen MR) is 112 cm³/mol. The minimum absolute atomic E-state index is 0.0503. The molecule has 27 heavy (non-hydrogen) atoms. The van der Waals surface area contributed by atoms with Crippen LogP contribution in [0, 0.1) is 0 Å². The topological polar surface area (TPSA) is 34.2 Å². The van der Waals surface area contributed by atoms with Crippen molar-refractivity contribution >= 4 is 3.87 Å². The molecule has 0 bridgehead atoms. The van der Waals surface area contributed by atoms with Crippen LogP contribution in [0.5, 0.6) is 0 Å². The Hall–Kier alpha value is -0.606. The fourth-order valence-corrected chi connectivity index (χ4v) is 9.40. The van der Waals surface area contributed by atoms with E-state index in [1.165, 1.54) is 19.1 Å². The number of H-pyrrole nitrogens is 1. The van der Waals surface area contributed by atoms with Gasteiger partial charge in [0.2, 0.25) is 0 Å². The van der Waals surface area contributed by atoms with Crippen LogP contribution in [0.1, 0.15) is 86.0 Å². The van der Waals surface area contributed by atoms with Crippen molar-refractivity contribution in [3.8, 4) is 0 Å². The van der Waals surface area contributed by atoms with E-state index in [1.807, 2.05) is 0 Å². The average Bonchev–Trinajstić information content (AvgIpc) is 3.32. The van der Waals surface area contributed by atoms with Gasteiger partial charge in [0.15, 0.2) is 0 Å². The van der Waals surface area contributed by atoms with Crippen LogP contribution in [-0.2, 0) is 34.8 Å². The van der Waals surface area contributed by atoms with Gasteiger partial charge >= 0.3 is 171 Å². The SMILES string of the molecule is CC[O][Ti]([O]CC)([C]1=CC=CC1)[c]1cc(C(C)(C)CC)[nH]c1C(C)(C)CC. The summed E-state index contributed by atoms with van der Waals surface area (Å²) in [6, 6.07) is 2.39. The van der Waals surface area contributed by atoms with E-state index in [0.717, 1.165) is 19.3 Å². The second-order valence-electron chi connectivity index (χ2n) is 8.75. The molecule has 0 saturated heterocycles. The van der Waals surface area contributed by atoms with Gasteiger partial charge in [0.1, 0.15) is 0 Å². The van der Waals surface area contributed by atoms with Gasteiger partial charge in [-0.25, -0.2) is 0 Å². The van der Waals surface area contributed by atoms with Gasteiger partial charge in [-0.05, 0) is 0 Å². The Labute approximate surface area is 170 Å². The van der Waals surface area contributed by atoms with Crippen molar-refractivity contribution in [1.82, 2.24) is 4.98 Å². The zero-order valence-electron chi connectivity index (χ0n) is 18.7. The van der Waals surface area contributed by atoms with Gasteiger partial charge in [-0.15, -0.1) is 0 Å². The zero-order valence-corrected chi connectivity index (χ0v) is 20.2. The number of hydrogen-bond acceptors (Lipinski definition) is 2. The molecular weight excluding hydrogens is 370 g/mol. The first-order chi connectivity index (χ1) is 12.7. The molecule has 1 aliphatic carbocycles. The molecule has 0 radical (unpaired) electrons. The summed E-state index contributed by atoms with van der Waals surface area (Å²) in [5, 5.41) is 0. The molecule has 3 nitrogen and oxygen atoms in total. The number of allylic oxidation sites excluding steroid dienone is 4. The van der Waals surface area contributed by atoms with Crippen molar-refractivity contribution in [3.63, 3.8) is 0 Å². The summed E-state index contributed by atoms with van der Waals surface area (Å²) < 4.78 is 15.9. The number of hydrogen-bond donors (Lipinski definition) is 1. The molecule has 0 unspecified atom stereocenters. The van der Waals surface area contributed by atoms with E-state index < -0.39 is 17.4 Å². The van der Waals surface area contributed by atoms with Gasteiger partial charge in [0.05, 0.1) is 0 Å². The summed E-state index contributed by atoms with van der Waals surface area (Å²) in [4.78, 5) is 3.85. The van der Waals surface area contributed by atoms with Crippen molar-refractivity contribution in [2.45, 2.75) is 85.5 Å². The molecule has 1 N–H and O–H groups in total. The van der Waals surface area contributed by atoms with Gasteiger partial charge in [-0.3, -0.25) is 0 Å². The first-order valence-electron chi connectivity index (χ1n) is 10.6. The van der Waals surface area contributed by atoms with E-state index in [-0.39, 0.29) is 10.8 Å². The zero-order chi connectivity index (χ0) is 20.3. The Bertz CT molecular complexity index is 691. The molecule has 1 aromatic heterocycles. The molecule has 1 aliphatic rings. The van der Waals surface area contributed by atoms with Gasteiger partial charge in [0.25, 0.3) is 0 Å². The van der Waals surface area contributed by atoms with Crippen molar-refractivity contribution in [3.05, 3.63) is 39.6 Å². The Morgan fingerprint density at radius 3 is 2.00 bits per heavy atom. The molecule has 0 saturated carbocycles. The van der Waals surface area contributed by atoms with Crippen LogP contribution in [-0.4, -0.2) is 18.2 Å². The number of aromatic nitrogens is 1. The number of rotatable bonds is 10. The maximum atomic E-state index is 6.62. The molecule has 0 fully saturated rings. The van der Waals surface area contributed by atoms with Crippen molar-refractivity contribution in [1.29, 1.82) is 0 Å². The maximum absolute atomic E-state index is 6.62. The molecule has 0 amide bonds. The van der Waals surface area contributed by atoms with Crippen LogP contribution in [0.4, 0.5) is 0 Å². The Kier molecular flexibility index (Phi) is 7.41. The third-order valence-corrected chi connectivity index (χ3v) is 12.0. The van der Waals surface area contributed by atoms with Gasteiger partial charge in [0, 0.05) is 0 Å². The summed E-state index contributed by atoms with van der Waals surface area (Å²) in [6.45, 7) is 19.4. The van der Waals surface area contributed by atoms with Crippen molar-refractivity contribution in [2.24, 2.45) is 0 Å². The van der Waals surface area contributed by atoms with Gasteiger partial charge in [-0.1, -0.05) is 0 Å². The summed E-state index contributed by atoms with van der Waals surface area (Å²) in [5.74, 6) is 0. The molecule has 152 valence electrons. The van der Waals surface area contributed by atoms with E-state index in [9.17, 15) is 0 Å². The first-order valence-corrected chi connectivity index (χ1v) is 13.4. The Morgan fingerprint density at radius 1 is 0.963 bits per heavy atom. The average molecular weight is 409 g/mol. The molecule has 0 spiro atoms. The molecular formula is C23H39NO2Ti.